The van der Waals surface area contributed by atoms with Crippen molar-refractivity contribution in [3.63, 3.8) is 0 Å². The minimum atomic E-state index is -0.599. The maximum atomic E-state index is 12.2. The lowest BCUT2D eigenvalue weighted by atomic mass is 10.1. The monoisotopic (exact) mass is 384 g/mol. The molecule has 2 N–H and O–H groups in total. The Morgan fingerprint density at radius 3 is 2.93 bits per heavy atom. The summed E-state index contributed by atoms with van der Waals surface area (Å²) >= 11 is 1.13. The number of hydrogen-bond acceptors (Lipinski definition) is 7. The first kappa shape index (κ1) is 18.6. The Morgan fingerprint density at radius 1 is 1.33 bits per heavy atom. The number of carbonyl (C=O) groups is 3. The first-order valence-corrected chi connectivity index (χ1v) is 8.92. The standard InChI is InChI=1S/C18H16N4O4S/c1-11(23)12-4-2-5-13(8-12)20-16(24)9-15-17(25)21-18(27-15)22-19-10-14-6-3-7-26-14/h2-8,10,15H,9H2,1H3,(H,20,24)(H,21,22,25)/b19-10+/t15-/m0/s1. The topological polar surface area (TPSA) is 113 Å². The molecule has 0 aliphatic carbocycles. The summed E-state index contributed by atoms with van der Waals surface area (Å²) in [6.07, 6.45) is 2.91. The molecule has 1 saturated heterocycles. The van der Waals surface area contributed by atoms with Gasteiger partial charge in [0.15, 0.2) is 11.0 Å². The van der Waals surface area contributed by atoms with E-state index < -0.39 is 5.25 Å². The molecular weight excluding hydrogens is 368 g/mol. The Kier molecular flexibility index (Phi) is 5.82. The number of furan rings is 1. The quantitative estimate of drug-likeness (QED) is 0.451. The number of carbonyl (C=O) groups excluding carboxylic acids is 3. The highest BCUT2D eigenvalue weighted by molar-refractivity contribution is 8.15. The molecule has 0 spiro atoms. The molecule has 1 aromatic carbocycles. The van der Waals surface area contributed by atoms with Gasteiger partial charge in [0.2, 0.25) is 11.8 Å². The highest BCUT2D eigenvalue weighted by Gasteiger charge is 2.32. The van der Waals surface area contributed by atoms with Gasteiger partial charge in [0, 0.05) is 17.7 Å². The van der Waals surface area contributed by atoms with Crippen molar-refractivity contribution in [1.29, 1.82) is 0 Å². The maximum absolute atomic E-state index is 12.2. The van der Waals surface area contributed by atoms with Crippen molar-refractivity contribution in [2.24, 2.45) is 10.2 Å². The number of Topliss-reactive ketones (excluding diaryl/α,β-unsaturated/α-hetero) is 1. The van der Waals surface area contributed by atoms with Crippen LogP contribution in [-0.4, -0.2) is 34.2 Å². The lowest BCUT2D eigenvalue weighted by Gasteiger charge is -2.08. The number of benzene rings is 1. The third-order valence-electron chi connectivity index (χ3n) is 3.58. The molecule has 2 aromatic rings. The first-order valence-electron chi connectivity index (χ1n) is 8.04. The van der Waals surface area contributed by atoms with Crippen molar-refractivity contribution in [3.8, 4) is 0 Å². The van der Waals surface area contributed by atoms with Gasteiger partial charge in [0.25, 0.3) is 0 Å². The van der Waals surface area contributed by atoms with Gasteiger partial charge in [-0.2, -0.15) is 5.10 Å². The number of anilines is 1. The number of rotatable bonds is 6. The lowest BCUT2D eigenvalue weighted by molar-refractivity contribution is -0.122. The van der Waals surface area contributed by atoms with Crippen molar-refractivity contribution in [2.75, 3.05) is 5.32 Å². The van der Waals surface area contributed by atoms with Crippen LogP contribution >= 0.6 is 11.8 Å². The Balaban J connectivity index is 1.56. The van der Waals surface area contributed by atoms with E-state index in [9.17, 15) is 14.4 Å². The summed E-state index contributed by atoms with van der Waals surface area (Å²) in [5, 5.41) is 12.7. The van der Waals surface area contributed by atoms with E-state index >= 15 is 0 Å². The van der Waals surface area contributed by atoms with Crippen LogP contribution in [0.4, 0.5) is 5.69 Å². The molecule has 0 saturated carbocycles. The van der Waals surface area contributed by atoms with E-state index in [4.69, 9.17) is 4.42 Å². The van der Waals surface area contributed by atoms with Gasteiger partial charge in [-0.15, -0.1) is 5.10 Å². The molecule has 3 rings (SSSR count). The van der Waals surface area contributed by atoms with Crippen molar-refractivity contribution in [1.82, 2.24) is 5.32 Å². The number of hydrogen-bond donors (Lipinski definition) is 2. The molecule has 2 heterocycles. The molecule has 8 nitrogen and oxygen atoms in total. The van der Waals surface area contributed by atoms with Gasteiger partial charge in [-0.1, -0.05) is 23.9 Å². The smallest absolute Gasteiger partial charge is 0.240 e. The van der Waals surface area contributed by atoms with Crippen LogP contribution in [0, 0.1) is 0 Å². The molecular formula is C18H16N4O4S. The van der Waals surface area contributed by atoms with Crippen molar-refractivity contribution in [3.05, 3.63) is 54.0 Å². The van der Waals surface area contributed by atoms with Crippen LogP contribution in [0.5, 0.6) is 0 Å². The van der Waals surface area contributed by atoms with E-state index in [2.05, 4.69) is 20.8 Å². The molecule has 0 unspecified atom stereocenters. The van der Waals surface area contributed by atoms with Gasteiger partial charge in [0.05, 0.1) is 12.5 Å². The minimum absolute atomic E-state index is 0.0261. The summed E-state index contributed by atoms with van der Waals surface area (Å²) in [4.78, 5) is 35.6. The van der Waals surface area contributed by atoms with Crippen LogP contribution in [0.15, 0.2) is 57.3 Å². The number of nitrogens with zero attached hydrogens (tertiary/aromatic N) is 2. The largest absolute Gasteiger partial charge is 0.463 e. The molecule has 0 radical (unpaired) electrons. The van der Waals surface area contributed by atoms with E-state index in [0.717, 1.165) is 11.8 Å². The van der Waals surface area contributed by atoms with E-state index in [0.29, 0.717) is 22.2 Å². The molecule has 1 aromatic heterocycles. The second-order valence-electron chi connectivity index (χ2n) is 5.65. The van der Waals surface area contributed by atoms with E-state index in [1.807, 2.05) is 0 Å². The molecule has 0 bridgehead atoms. The summed E-state index contributed by atoms with van der Waals surface area (Å²) in [6.45, 7) is 1.45. The van der Waals surface area contributed by atoms with Crippen LogP contribution in [0.1, 0.15) is 29.5 Å². The van der Waals surface area contributed by atoms with Crippen molar-refractivity contribution >= 4 is 46.4 Å². The fourth-order valence-electron chi connectivity index (χ4n) is 2.29. The molecule has 1 aliphatic rings. The number of nitrogens with one attached hydrogen (secondary N) is 2. The molecule has 138 valence electrons. The van der Waals surface area contributed by atoms with Crippen molar-refractivity contribution < 1.29 is 18.8 Å². The van der Waals surface area contributed by atoms with Crippen molar-refractivity contribution in [2.45, 2.75) is 18.6 Å². The van der Waals surface area contributed by atoms with Crippen LogP contribution in [0.25, 0.3) is 0 Å². The predicted molar refractivity (Wildman–Crippen MR) is 103 cm³/mol. The van der Waals surface area contributed by atoms with E-state index in [1.54, 1.807) is 36.4 Å². The Hall–Kier alpha value is -3.20. The second kappa shape index (κ2) is 8.45. The summed E-state index contributed by atoms with van der Waals surface area (Å²) in [5.41, 5.74) is 1.01. The fourth-order valence-corrected chi connectivity index (χ4v) is 3.21. The number of ketones is 1. The Bertz CT molecular complexity index is 921. The number of thioether (sulfide) groups is 1. The van der Waals surface area contributed by atoms with Crippen LogP contribution in [-0.2, 0) is 9.59 Å². The molecule has 27 heavy (non-hydrogen) atoms. The molecule has 1 aliphatic heterocycles. The molecule has 1 fully saturated rings. The average Bonchev–Trinajstić information content (AvgIpc) is 3.25. The van der Waals surface area contributed by atoms with Gasteiger partial charge in [-0.25, -0.2) is 0 Å². The Morgan fingerprint density at radius 2 is 2.19 bits per heavy atom. The number of amidine groups is 1. The predicted octanol–water partition coefficient (Wildman–Crippen LogP) is 2.43. The molecule has 1 atom stereocenters. The maximum Gasteiger partial charge on any atom is 0.240 e. The zero-order chi connectivity index (χ0) is 19.2. The third kappa shape index (κ3) is 5.14. The highest BCUT2D eigenvalue weighted by Crippen LogP contribution is 2.23. The second-order valence-corrected chi connectivity index (χ2v) is 6.84. The zero-order valence-electron chi connectivity index (χ0n) is 14.3. The van der Waals surface area contributed by atoms with Gasteiger partial charge in [-0.05, 0) is 31.2 Å². The van der Waals surface area contributed by atoms with Gasteiger partial charge >= 0.3 is 0 Å². The van der Waals surface area contributed by atoms with Gasteiger partial charge < -0.3 is 15.1 Å². The highest BCUT2D eigenvalue weighted by atomic mass is 32.2. The normalized spacial score (nSPS) is 18.0. The zero-order valence-corrected chi connectivity index (χ0v) is 15.2. The summed E-state index contributed by atoms with van der Waals surface area (Å²) in [6, 6.07) is 10.1. The van der Waals surface area contributed by atoms with E-state index in [-0.39, 0.29) is 24.0 Å². The van der Waals surface area contributed by atoms with Gasteiger partial charge in [0.1, 0.15) is 11.0 Å². The fraction of sp³-hybridized carbons (Fsp3) is 0.167. The van der Waals surface area contributed by atoms with Crippen LogP contribution in [0.2, 0.25) is 0 Å². The molecule has 9 heteroatoms. The minimum Gasteiger partial charge on any atom is -0.463 e. The summed E-state index contributed by atoms with van der Waals surface area (Å²) in [5.74, 6) is -0.187. The third-order valence-corrected chi connectivity index (χ3v) is 4.65. The Labute approximate surface area is 159 Å². The van der Waals surface area contributed by atoms with Crippen LogP contribution < -0.4 is 10.6 Å². The lowest BCUT2D eigenvalue weighted by Crippen LogP contribution is -2.28. The van der Waals surface area contributed by atoms with E-state index in [1.165, 1.54) is 19.4 Å². The van der Waals surface area contributed by atoms with Crippen LogP contribution in [0.3, 0.4) is 0 Å². The SMILES string of the molecule is CC(=O)c1cccc(NC(=O)C[C@@H]2S/C(=N/N=C/c3ccco3)NC2=O)c1. The van der Waals surface area contributed by atoms with Gasteiger partial charge in [-0.3, -0.25) is 14.4 Å². The summed E-state index contributed by atoms with van der Waals surface area (Å²) < 4.78 is 5.09. The first-order chi connectivity index (χ1) is 13.0. The number of amides is 2. The average molecular weight is 384 g/mol. The summed E-state index contributed by atoms with van der Waals surface area (Å²) in [7, 11) is 0. The molecule has 2 amide bonds.